The van der Waals surface area contributed by atoms with Crippen molar-refractivity contribution in [1.29, 1.82) is 0 Å². The van der Waals surface area contributed by atoms with Crippen LogP contribution in [0.15, 0.2) is 12.4 Å². The van der Waals surface area contributed by atoms with Gasteiger partial charge in [-0.2, -0.15) is 0 Å². The third kappa shape index (κ3) is 2.47. The smallest absolute Gasteiger partial charge is 0.200 e. The standard InChI is InChI=1S/C8H15N3O2S/c1-8(2,14(3,12)13)6-11-7-9-4-5-10-7/h4-5H,6H2,1-3H3,(H2,9,10,11). The van der Waals surface area contributed by atoms with Gasteiger partial charge >= 0.3 is 0 Å². The lowest BCUT2D eigenvalue weighted by Gasteiger charge is -2.22. The van der Waals surface area contributed by atoms with Crippen LogP contribution in [0.5, 0.6) is 0 Å². The number of nitrogens with zero attached hydrogens (tertiary/aromatic N) is 1. The fourth-order valence-electron chi connectivity index (χ4n) is 0.790. The summed E-state index contributed by atoms with van der Waals surface area (Å²) in [6.45, 7) is 3.69. The van der Waals surface area contributed by atoms with Crippen LogP contribution in [0.3, 0.4) is 0 Å². The topological polar surface area (TPSA) is 74.8 Å². The molecule has 0 fully saturated rings. The number of sulfone groups is 1. The zero-order chi connectivity index (χ0) is 10.8. The van der Waals surface area contributed by atoms with Crippen LogP contribution in [-0.2, 0) is 9.84 Å². The molecule has 1 aromatic heterocycles. The molecule has 6 heteroatoms. The van der Waals surface area contributed by atoms with E-state index in [0.29, 0.717) is 12.5 Å². The summed E-state index contributed by atoms with van der Waals surface area (Å²) in [5, 5.41) is 2.93. The Morgan fingerprint density at radius 2 is 2.21 bits per heavy atom. The van der Waals surface area contributed by atoms with E-state index in [9.17, 15) is 8.42 Å². The molecule has 0 bridgehead atoms. The molecule has 2 N–H and O–H groups in total. The quantitative estimate of drug-likeness (QED) is 0.776. The molecule has 1 heterocycles. The lowest BCUT2D eigenvalue weighted by molar-refractivity contribution is 0.559. The van der Waals surface area contributed by atoms with Crippen LogP contribution >= 0.6 is 0 Å². The molecule has 5 nitrogen and oxygen atoms in total. The molecule has 1 rings (SSSR count). The Hall–Kier alpha value is -1.04. The number of rotatable bonds is 4. The highest BCUT2D eigenvalue weighted by Gasteiger charge is 2.29. The Kier molecular flexibility index (Phi) is 2.84. The monoisotopic (exact) mass is 217 g/mol. The van der Waals surface area contributed by atoms with E-state index in [1.165, 1.54) is 6.26 Å². The summed E-state index contributed by atoms with van der Waals surface area (Å²) in [5.41, 5.74) is 0. The average molecular weight is 217 g/mol. The maximum atomic E-state index is 11.3. The summed E-state index contributed by atoms with van der Waals surface area (Å²) in [5.74, 6) is 0.585. The van der Waals surface area contributed by atoms with Crippen LogP contribution < -0.4 is 5.32 Å². The predicted molar refractivity (Wildman–Crippen MR) is 56.0 cm³/mol. The van der Waals surface area contributed by atoms with E-state index in [2.05, 4.69) is 15.3 Å². The maximum absolute atomic E-state index is 11.3. The Balaban J connectivity index is 2.62. The Bertz CT molecular complexity index is 381. The molecule has 1 aromatic rings. The van der Waals surface area contributed by atoms with Gasteiger partial charge in [-0.15, -0.1) is 0 Å². The number of H-pyrrole nitrogens is 1. The van der Waals surface area contributed by atoms with E-state index in [-0.39, 0.29) is 0 Å². The van der Waals surface area contributed by atoms with Crippen molar-refractivity contribution in [3.8, 4) is 0 Å². The number of aromatic nitrogens is 2. The van der Waals surface area contributed by atoms with Gasteiger partial charge in [-0.3, -0.25) is 0 Å². The first-order chi connectivity index (χ1) is 6.33. The van der Waals surface area contributed by atoms with Gasteiger partial charge in [0.25, 0.3) is 0 Å². The molecule has 0 saturated carbocycles. The summed E-state index contributed by atoms with van der Waals surface area (Å²) < 4.78 is 21.9. The molecule has 0 aliphatic rings. The second kappa shape index (κ2) is 3.61. The van der Waals surface area contributed by atoms with Gasteiger partial charge in [0.1, 0.15) is 0 Å². The third-order valence-corrected chi connectivity index (χ3v) is 4.34. The van der Waals surface area contributed by atoms with Crippen molar-refractivity contribution < 1.29 is 8.42 Å². The summed E-state index contributed by atoms with van der Waals surface area (Å²) in [4.78, 5) is 6.78. The number of anilines is 1. The lowest BCUT2D eigenvalue weighted by atomic mass is 10.2. The molecule has 0 aliphatic heterocycles. The van der Waals surface area contributed by atoms with E-state index < -0.39 is 14.6 Å². The molecular weight excluding hydrogens is 202 g/mol. The normalized spacial score (nSPS) is 12.8. The second-order valence-electron chi connectivity index (χ2n) is 3.82. The van der Waals surface area contributed by atoms with E-state index in [1.807, 2.05) is 0 Å². The molecule has 0 spiro atoms. The molecule has 0 aromatic carbocycles. The molecule has 80 valence electrons. The minimum absolute atomic E-state index is 0.333. The fourth-order valence-corrected chi connectivity index (χ4v) is 1.12. The van der Waals surface area contributed by atoms with E-state index in [0.717, 1.165) is 0 Å². The van der Waals surface area contributed by atoms with Gasteiger partial charge in [0.2, 0.25) is 0 Å². The van der Waals surface area contributed by atoms with Gasteiger partial charge in [-0.1, -0.05) is 0 Å². The Labute approximate surface area is 83.9 Å². The Morgan fingerprint density at radius 1 is 1.57 bits per heavy atom. The molecule has 0 aliphatic carbocycles. The first kappa shape index (κ1) is 11.0. The third-order valence-electron chi connectivity index (χ3n) is 2.18. The van der Waals surface area contributed by atoms with Crippen LogP contribution in [-0.4, -0.2) is 35.9 Å². The molecular formula is C8H15N3O2S. The van der Waals surface area contributed by atoms with Gasteiger partial charge in [0.05, 0.1) is 4.75 Å². The average Bonchev–Trinajstić information content (AvgIpc) is 2.50. The van der Waals surface area contributed by atoms with Crippen LogP contribution in [0.4, 0.5) is 5.95 Å². The van der Waals surface area contributed by atoms with Gasteiger partial charge in [-0.05, 0) is 13.8 Å². The number of hydrogen-bond acceptors (Lipinski definition) is 4. The zero-order valence-electron chi connectivity index (χ0n) is 8.53. The highest BCUT2D eigenvalue weighted by atomic mass is 32.2. The predicted octanol–water partition coefficient (Wildman–Crippen LogP) is 0.645. The van der Waals surface area contributed by atoms with Crippen molar-refractivity contribution in [2.45, 2.75) is 18.6 Å². The van der Waals surface area contributed by atoms with Crippen molar-refractivity contribution in [3.05, 3.63) is 12.4 Å². The van der Waals surface area contributed by atoms with Crippen molar-refractivity contribution in [3.63, 3.8) is 0 Å². The summed E-state index contributed by atoms with van der Waals surface area (Å²) in [7, 11) is -3.06. The first-order valence-electron chi connectivity index (χ1n) is 4.26. The van der Waals surface area contributed by atoms with Gasteiger partial charge < -0.3 is 10.3 Å². The number of aromatic amines is 1. The van der Waals surface area contributed by atoms with Crippen molar-refractivity contribution in [2.24, 2.45) is 0 Å². The molecule has 0 atom stereocenters. The molecule has 14 heavy (non-hydrogen) atoms. The van der Waals surface area contributed by atoms with Crippen LogP contribution in [0.1, 0.15) is 13.8 Å². The number of nitrogens with one attached hydrogen (secondary N) is 2. The van der Waals surface area contributed by atoms with E-state index in [4.69, 9.17) is 0 Å². The van der Waals surface area contributed by atoms with Crippen molar-refractivity contribution >= 4 is 15.8 Å². The zero-order valence-corrected chi connectivity index (χ0v) is 9.35. The van der Waals surface area contributed by atoms with Crippen LogP contribution in [0, 0.1) is 0 Å². The number of hydrogen-bond donors (Lipinski definition) is 2. The van der Waals surface area contributed by atoms with Crippen molar-refractivity contribution in [2.75, 3.05) is 18.1 Å². The summed E-state index contributed by atoms with van der Waals surface area (Å²) >= 11 is 0. The highest BCUT2D eigenvalue weighted by Crippen LogP contribution is 2.15. The minimum atomic E-state index is -3.06. The SMILES string of the molecule is CC(C)(CNc1ncc[nH]1)S(C)(=O)=O. The second-order valence-corrected chi connectivity index (χ2v) is 6.47. The number of imidazole rings is 1. The summed E-state index contributed by atoms with van der Waals surface area (Å²) in [6.07, 6.45) is 4.52. The van der Waals surface area contributed by atoms with E-state index in [1.54, 1.807) is 26.2 Å². The Morgan fingerprint density at radius 3 is 2.64 bits per heavy atom. The van der Waals surface area contributed by atoms with Crippen LogP contribution in [0.25, 0.3) is 0 Å². The van der Waals surface area contributed by atoms with Crippen LogP contribution in [0.2, 0.25) is 0 Å². The fraction of sp³-hybridized carbons (Fsp3) is 0.625. The molecule has 0 unspecified atom stereocenters. The maximum Gasteiger partial charge on any atom is 0.200 e. The first-order valence-corrected chi connectivity index (χ1v) is 6.15. The van der Waals surface area contributed by atoms with Crippen molar-refractivity contribution in [1.82, 2.24) is 9.97 Å². The van der Waals surface area contributed by atoms with Gasteiger partial charge in [0.15, 0.2) is 15.8 Å². The van der Waals surface area contributed by atoms with Gasteiger partial charge in [0, 0.05) is 25.2 Å². The minimum Gasteiger partial charge on any atom is -0.354 e. The molecule has 0 saturated heterocycles. The largest absolute Gasteiger partial charge is 0.354 e. The van der Waals surface area contributed by atoms with Gasteiger partial charge in [-0.25, -0.2) is 13.4 Å². The molecule has 0 radical (unpaired) electrons. The van der Waals surface area contributed by atoms with E-state index >= 15 is 0 Å². The lowest BCUT2D eigenvalue weighted by Crippen LogP contribution is -2.38. The molecule has 0 amide bonds. The highest BCUT2D eigenvalue weighted by molar-refractivity contribution is 7.92. The summed E-state index contributed by atoms with van der Waals surface area (Å²) in [6, 6.07) is 0.